The molecule has 2 aromatic rings. The summed E-state index contributed by atoms with van der Waals surface area (Å²) in [6.07, 6.45) is 3.70. The molecule has 0 bridgehead atoms. The molecule has 0 radical (unpaired) electrons. The maximum atomic E-state index is 10.9. The number of carboxylic acids is 1. The summed E-state index contributed by atoms with van der Waals surface area (Å²) in [5.41, 5.74) is 1.12. The molecule has 0 amide bonds. The van der Waals surface area contributed by atoms with Crippen LogP contribution >= 0.6 is 11.8 Å². The molecule has 4 nitrogen and oxygen atoms in total. The maximum absolute atomic E-state index is 10.9. The zero-order chi connectivity index (χ0) is 12.4. The SMILES string of the molecule is Cc1cc(Sc2cnn(C)c2)ccc1C(=O)O. The lowest BCUT2D eigenvalue weighted by molar-refractivity contribution is 0.0696. The van der Waals surface area contributed by atoms with Gasteiger partial charge < -0.3 is 5.11 Å². The summed E-state index contributed by atoms with van der Waals surface area (Å²) in [5.74, 6) is -0.888. The van der Waals surface area contributed by atoms with Crippen molar-refractivity contribution in [2.45, 2.75) is 16.7 Å². The van der Waals surface area contributed by atoms with Crippen LogP contribution in [0.25, 0.3) is 0 Å². The van der Waals surface area contributed by atoms with E-state index in [9.17, 15) is 4.79 Å². The molecule has 0 aliphatic heterocycles. The Balaban J connectivity index is 2.23. The molecule has 0 aliphatic carbocycles. The van der Waals surface area contributed by atoms with E-state index in [0.29, 0.717) is 5.56 Å². The van der Waals surface area contributed by atoms with Gasteiger partial charge in [-0.05, 0) is 30.7 Å². The van der Waals surface area contributed by atoms with Crippen LogP contribution in [0.2, 0.25) is 0 Å². The second-order valence-corrected chi connectivity index (χ2v) is 4.88. The number of benzene rings is 1. The molecule has 0 aliphatic rings. The van der Waals surface area contributed by atoms with E-state index >= 15 is 0 Å². The summed E-state index contributed by atoms with van der Waals surface area (Å²) < 4.78 is 1.74. The lowest BCUT2D eigenvalue weighted by Crippen LogP contribution is -1.98. The Hall–Kier alpha value is -1.75. The Morgan fingerprint density at radius 3 is 2.71 bits per heavy atom. The Morgan fingerprint density at radius 2 is 2.18 bits per heavy atom. The average molecular weight is 248 g/mol. The number of aryl methyl sites for hydroxylation is 2. The fourth-order valence-electron chi connectivity index (χ4n) is 1.53. The molecule has 0 spiro atoms. The van der Waals surface area contributed by atoms with E-state index in [-0.39, 0.29) is 0 Å². The predicted octanol–water partition coefficient (Wildman–Crippen LogP) is 2.58. The van der Waals surface area contributed by atoms with Crippen LogP contribution < -0.4 is 0 Å². The van der Waals surface area contributed by atoms with Crippen LogP contribution in [-0.4, -0.2) is 20.9 Å². The van der Waals surface area contributed by atoms with Crippen LogP contribution in [0, 0.1) is 6.92 Å². The Kier molecular flexibility index (Phi) is 3.19. The number of nitrogens with zero attached hydrogens (tertiary/aromatic N) is 2. The summed E-state index contributed by atoms with van der Waals surface area (Å²) in [7, 11) is 1.86. The third kappa shape index (κ3) is 2.68. The number of rotatable bonds is 3. The number of aromatic nitrogens is 2. The molecule has 1 N–H and O–H groups in total. The standard InChI is InChI=1S/C12H12N2O2S/c1-8-5-9(3-4-11(8)12(15)16)17-10-6-13-14(2)7-10/h3-7H,1-2H3,(H,15,16). The molecule has 0 saturated heterocycles. The van der Waals surface area contributed by atoms with Crippen LogP contribution in [-0.2, 0) is 7.05 Å². The third-order valence-electron chi connectivity index (χ3n) is 2.35. The van der Waals surface area contributed by atoms with E-state index in [4.69, 9.17) is 5.11 Å². The molecule has 88 valence electrons. The first kappa shape index (κ1) is 11.7. The van der Waals surface area contributed by atoms with Crippen molar-refractivity contribution in [1.82, 2.24) is 9.78 Å². The van der Waals surface area contributed by atoms with Gasteiger partial charge in [-0.3, -0.25) is 4.68 Å². The summed E-state index contributed by atoms with van der Waals surface area (Å²) in [5, 5.41) is 13.0. The molecule has 0 saturated carbocycles. The molecule has 5 heteroatoms. The summed E-state index contributed by atoms with van der Waals surface area (Å²) in [6.45, 7) is 1.80. The van der Waals surface area contributed by atoms with E-state index < -0.39 is 5.97 Å². The van der Waals surface area contributed by atoms with Crippen molar-refractivity contribution in [3.8, 4) is 0 Å². The van der Waals surface area contributed by atoms with Gasteiger partial charge in [0, 0.05) is 18.1 Å². The Bertz CT molecular complexity index is 563. The molecule has 0 unspecified atom stereocenters. The highest BCUT2D eigenvalue weighted by Gasteiger charge is 2.08. The fraction of sp³-hybridized carbons (Fsp3) is 0.167. The molecule has 0 atom stereocenters. The van der Waals surface area contributed by atoms with Crippen molar-refractivity contribution < 1.29 is 9.90 Å². The average Bonchev–Trinajstić information content (AvgIpc) is 2.63. The van der Waals surface area contributed by atoms with Crippen molar-refractivity contribution >= 4 is 17.7 Å². The van der Waals surface area contributed by atoms with E-state index in [1.54, 1.807) is 35.6 Å². The van der Waals surface area contributed by atoms with E-state index in [2.05, 4.69) is 5.10 Å². The first-order valence-electron chi connectivity index (χ1n) is 5.06. The smallest absolute Gasteiger partial charge is 0.335 e. The summed E-state index contributed by atoms with van der Waals surface area (Å²) in [6, 6.07) is 5.33. The van der Waals surface area contributed by atoms with Gasteiger partial charge in [0.15, 0.2) is 0 Å². The normalized spacial score (nSPS) is 10.5. The van der Waals surface area contributed by atoms with Crippen molar-refractivity contribution in [1.29, 1.82) is 0 Å². The van der Waals surface area contributed by atoms with Gasteiger partial charge in [0.05, 0.1) is 16.7 Å². The highest BCUT2D eigenvalue weighted by atomic mass is 32.2. The molecule has 1 aromatic carbocycles. The van der Waals surface area contributed by atoms with Crippen molar-refractivity contribution in [3.05, 3.63) is 41.7 Å². The molecule has 17 heavy (non-hydrogen) atoms. The monoisotopic (exact) mass is 248 g/mol. The van der Waals surface area contributed by atoms with Crippen LogP contribution in [0.15, 0.2) is 40.4 Å². The van der Waals surface area contributed by atoms with E-state index in [1.165, 1.54) is 0 Å². The van der Waals surface area contributed by atoms with Crippen LogP contribution in [0.3, 0.4) is 0 Å². The first-order valence-corrected chi connectivity index (χ1v) is 5.88. The number of carbonyl (C=O) groups is 1. The number of aromatic carboxylic acids is 1. The third-order valence-corrected chi connectivity index (χ3v) is 3.28. The van der Waals surface area contributed by atoms with E-state index in [0.717, 1.165) is 15.4 Å². The second-order valence-electron chi connectivity index (χ2n) is 3.73. The highest BCUT2D eigenvalue weighted by Crippen LogP contribution is 2.28. The van der Waals surface area contributed by atoms with Gasteiger partial charge >= 0.3 is 5.97 Å². The number of carboxylic acid groups (broad SMARTS) is 1. The minimum Gasteiger partial charge on any atom is -0.478 e. The quantitative estimate of drug-likeness (QED) is 0.907. The minimum absolute atomic E-state index is 0.348. The number of hydrogen-bond acceptors (Lipinski definition) is 3. The topological polar surface area (TPSA) is 55.1 Å². The number of hydrogen-bond donors (Lipinski definition) is 1. The second kappa shape index (κ2) is 4.63. The van der Waals surface area contributed by atoms with Gasteiger partial charge in [0.25, 0.3) is 0 Å². The maximum Gasteiger partial charge on any atom is 0.335 e. The summed E-state index contributed by atoms with van der Waals surface area (Å²) in [4.78, 5) is 12.9. The fourth-order valence-corrected chi connectivity index (χ4v) is 2.48. The lowest BCUT2D eigenvalue weighted by atomic mass is 10.1. The van der Waals surface area contributed by atoms with Gasteiger partial charge in [-0.2, -0.15) is 5.10 Å². The van der Waals surface area contributed by atoms with Gasteiger partial charge in [-0.25, -0.2) is 4.79 Å². The minimum atomic E-state index is -0.888. The molecule has 0 fully saturated rings. The predicted molar refractivity (Wildman–Crippen MR) is 65.5 cm³/mol. The zero-order valence-corrected chi connectivity index (χ0v) is 10.4. The van der Waals surface area contributed by atoms with Crippen molar-refractivity contribution in [2.24, 2.45) is 7.05 Å². The van der Waals surface area contributed by atoms with Crippen molar-refractivity contribution in [3.63, 3.8) is 0 Å². The lowest BCUT2D eigenvalue weighted by Gasteiger charge is -2.03. The Labute approximate surface area is 103 Å². The first-order chi connectivity index (χ1) is 8.06. The molecule has 1 heterocycles. The van der Waals surface area contributed by atoms with E-state index in [1.807, 2.05) is 25.4 Å². The summed E-state index contributed by atoms with van der Waals surface area (Å²) >= 11 is 1.57. The van der Waals surface area contributed by atoms with Crippen molar-refractivity contribution in [2.75, 3.05) is 0 Å². The molecule has 2 rings (SSSR count). The highest BCUT2D eigenvalue weighted by molar-refractivity contribution is 7.99. The van der Waals surface area contributed by atoms with Gasteiger partial charge in [0.2, 0.25) is 0 Å². The molecular formula is C12H12N2O2S. The van der Waals surface area contributed by atoms with Gasteiger partial charge in [-0.15, -0.1) is 0 Å². The largest absolute Gasteiger partial charge is 0.478 e. The van der Waals surface area contributed by atoms with Crippen LogP contribution in [0.1, 0.15) is 15.9 Å². The van der Waals surface area contributed by atoms with Gasteiger partial charge in [0.1, 0.15) is 0 Å². The Morgan fingerprint density at radius 1 is 1.41 bits per heavy atom. The van der Waals surface area contributed by atoms with Gasteiger partial charge in [-0.1, -0.05) is 11.8 Å². The zero-order valence-electron chi connectivity index (χ0n) is 9.54. The molecular weight excluding hydrogens is 236 g/mol. The van der Waals surface area contributed by atoms with Crippen LogP contribution in [0.4, 0.5) is 0 Å². The van der Waals surface area contributed by atoms with Crippen LogP contribution in [0.5, 0.6) is 0 Å². The molecule has 1 aromatic heterocycles.